The second-order valence-corrected chi connectivity index (χ2v) is 12.8. The van der Waals surface area contributed by atoms with Crippen LogP contribution in [0.3, 0.4) is 0 Å². The fraction of sp³-hybridized carbons (Fsp3) is 0.323. The number of sulfone groups is 1. The lowest BCUT2D eigenvalue weighted by Gasteiger charge is -2.23. The van der Waals surface area contributed by atoms with Crippen molar-refractivity contribution in [1.29, 1.82) is 0 Å². The first kappa shape index (κ1) is 31.7. The highest BCUT2D eigenvalue weighted by atomic mass is 35.5. The lowest BCUT2D eigenvalue weighted by atomic mass is 9.95. The van der Waals surface area contributed by atoms with Gasteiger partial charge in [0.05, 0.1) is 24.1 Å². The summed E-state index contributed by atoms with van der Waals surface area (Å²) >= 11 is 12.7. The summed E-state index contributed by atoms with van der Waals surface area (Å²) in [5, 5.41) is 4.97. The number of aromatic nitrogens is 1. The van der Waals surface area contributed by atoms with Crippen molar-refractivity contribution in [3.63, 3.8) is 0 Å². The van der Waals surface area contributed by atoms with E-state index in [9.17, 15) is 13.2 Å². The SMILES string of the molecule is CCCCOCCOc1cc(Cl)ccc1C(Nc1cc(OC)cc(S(C)(=O)=O)c1)C(=O)c1c[nH]c2c(C)c(Cl)ccc12. The zero-order chi connectivity index (χ0) is 30.4. The van der Waals surface area contributed by atoms with Gasteiger partial charge in [-0.05, 0) is 49.2 Å². The number of benzene rings is 3. The summed E-state index contributed by atoms with van der Waals surface area (Å²) in [7, 11) is -2.13. The second-order valence-electron chi connectivity index (χ2n) is 9.90. The van der Waals surface area contributed by atoms with Gasteiger partial charge in [-0.3, -0.25) is 4.79 Å². The van der Waals surface area contributed by atoms with Gasteiger partial charge in [-0.2, -0.15) is 0 Å². The summed E-state index contributed by atoms with van der Waals surface area (Å²) in [6.45, 7) is 5.22. The van der Waals surface area contributed by atoms with E-state index in [4.69, 9.17) is 37.4 Å². The standard InChI is InChI=1S/C31H34Cl2N2O6S/c1-5-6-11-40-12-13-41-28-14-20(32)7-8-25(28)30(35-21-15-22(39-3)17-23(16-21)42(4,37)38)31(36)26-18-34-29-19(2)27(33)10-9-24(26)29/h7-10,14-18,30,34-35H,5-6,11-13H2,1-4H3. The van der Waals surface area contributed by atoms with Crippen LogP contribution in [0.5, 0.6) is 11.5 Å². The normalized spacial score (nSPS) is 12.3. The number of carbonyl (C=O) groups excluding carboxylic acids is 1. The fourth-order valence-corrected chi connectivity index (χ4v) is 5.54. The van der Waals surface area contributed by atoms with Crippen molar-refractivity contribution in [2.45, 2.75) is 37.6 Å². The largest absolute Gasteiger partial charge is 0.497 e. The fourth-order valence-electron chi connectivity index (χ4n) is 4.55. The van der Waals surface area contributed by atoms with Crippen LogP contribution in [0, 0.1) is 6.92 Å². The molecule has 2 N–H and O–H groups in total. The van der Waals surface area contributed by atoms with Crippen LogP contribution < -0.4 is 14.8 Å². The number of nitrogens with one attached hydrogen (secondary N) is 2. The van der Waals surface area contributed by atoms with Gasteiger partial charge in [0.2, 0.25) is 0 Å². The predicted octanol–water partition coefficient (Wildman–Crippen LogP) is 7.43. The summed E-state index contributed by atoms with van der Waals surface area (Å²) < 4.78 is 41.9. The number of fused-ring (bicyclic) bond motifs is 1. The van der Waals surface area contributed by atoms with Crippen LogP contribution >= 0.6 is 23.2 Å². The maximum Gasteiger partial charge on any atom is 0.191 e. The number of aromatic amines is 1. The lowest BCUT2D eigenvalue weighted by molar-refractivity contribution is 0.0949. The number of anilines is 1. The number of methoxy groups -OCH3 is 1. The van der Waals surface area contributed by atoms with Crippen LogP contribution in [-0.2, 0) is 14.6 Å². The zero-order valence-electron chi connectivity index (χ0n) is 23.9. The minimum atomic E-state index is -3.57. The van der Waals surface area contributed by atoms with Gasteiger partial charge in [0.15, 0.2) is 15.6 Å². The number of Topliss-reactive ketones (excluding diaryl/α,β-unsaturated/α-hetero) is 1. The topological polar surface area (TPSA) is 107 Å². The van der Waals surface area contributed by atoms with E-state index in [1.807, 2.05) is 6.92 Å². The van der Waals surface area contributed by atoms with Crippen molar-refractivity contribution in [2.75, 3.05) is 38.5 Å². The molecule has 4 aromatic rings. The Morgan fingerprint density at radius 2 is 1.83 bits per heavy atom. The minimum Gasteiger partial charge on any atom is -0.497 e. The Morgan fingerprint density at radius 3 is 2.55 bits per heavy atom. The molecule has 1 atom stereocenters. The number of ether oxygens (including phenoxy) is 3. The Kier molecular flexibility index (Phi) is 10.4. The van der Waals surface area contributed by atoms with E-state index >= 15 is 0 Å². The molecule has 0 bridgehead atoms. The van der Waals surface area contributed by atoms with Gasteiger partial charge in [-0.1, -0.05) is 48.7 Å². The molecule has 3 aromatic carbocycles. The van der Waals surface area contributed by atoms with Crippen molar-refractivity contribution in [3.8, 4) is 11.5 Å². The van der Waals surface area contributed by atoms with Crippen molar-refractivity contribution >= 4 is 55.4 Å². The summed E-state index contributed by atoms with van der Waals surface area (Å²) in [6.07, 6.45) is 4.74. The highest BCUT2D eigenvalue weighted by Crippen LogP contribution is 2.37. The molecule has 0 aliphatic carbocycles. The second kappa shape index (κ2) is 13.8. The van der Waals surface area contributed by atoms with Crippen LogP contribution in [0.4, 0.5) is 5.69 Å². The van der Waals surface area contributed by atoms with Crippen LogP contribution in [0.25, 0.3) is 10.9 Å². The maximum absolute atomic E-state index is 14.4. The van der Waals surface area contributed by atoms with Gasteiger partial charge < -0.3 is 24.5 Å². The van der Waals surface area contributed by atoms with Crippen molar-refractivity contribution in [3.05, 3.63) is 81.5 Å². The molecule has 0 aliphatic heterocycles. The third-order valence-corrected chi connectivity index (χ3v) is 8.58. The van der Waals surface area contributed by atoms with E-state index in [0.717, 1.165) is 30.2 Å². The van der Waals surface area contributed by atoms with E-state index in [2.05, 4.69) is 17.2 Å². The highest BCUT2D eigenvalue weighted by molar-refractivity contribution is 7.90. The summed E-state index contributed by atoms with van der Waals surface area (Å²) in [6, 6.07) is 12.1. The van der Waals surface area contributed by atoms with Gasteiger partial charge in [0, 0.05) is 57.4 Å². The Balaban J connectivity index is 1.79. The molecule has 0 aliphatic rings. The first-order valence-corrected chi connectivity index (χ1v) is 16.1. The maximum atomic E-state index is 14.4. The van der Waals surface area contributed by atoms with E-state index in [0.29, 0.717) is 57.0 Å². The molecule has 224 valence electrons. The third-order valence-electron chi connectivity index (χ3n) is 6.85. The van der Waals surface area contributed by atoms with Gasteiger partial charge in [0.25, 0.3) is 0 Å². The molecule has 0 amide bonds. The smallest absolute Gasteiger partial charge is 0.191 e. The summed E-state index contributed by atoms with van der Waals surface area (Å²) in [4.78, 5) is 17.6. The molecule has 0 fully saturated rings. The molecule has 0 saturated heterocycles. The first-order valence-electron chi connectivity index (χ1n) is 13.5. The average Bonchev–Trinajstić information content (AvgIpc) is 3.40. The van der Waals surface area contributed by atoms with Gasteiger partial charge in [-0.25, -0.2) is 8.42 Å². The number of hydrogen-bond donors (Lipinski definition) is 2. The number of carbonyl (C=O) groups is 1. The number of rotatable bonds is 14. The molecule has 8 nitrogen and oxygen atoms in total. The number of ketones is 1. The lowest BCUT2D eigenvalue weighted by Crippen LogP contribution is -2.23. The van der Waals surface area contributed by atoms with E-state index in [1.165, 1.54) is 19.2 Å². The quantitative estimate of drug-likeness (QED) is 0.110. The minimum absolute atomic E-state index is 0.0460. The number of H-pyrrole nitrogens is 1. The molecule has 1 heterocycles. The van der Waals surface area contributed by atoms with Crippen molar-refractivity contribution in [1.82, 2.24) is 4.98 Å². The molecule has 42 heavy (non-hydrogen) atoms. The third kappa shape index (κ3) is 7.39. The summed E-state index contributed by atoms with van der Waals surface area (Å²) in [5.74, 6) is 0.441. The predicted molar refractivity (Wildman–Crippen MR) is 168 cm³/mol. The van der Waals surface area contributed by atoms with Gasteiger partial charge >= 0.3 is 0 Å². The van der Waals surface area contributed by atoms with Crippen molar-refractivity contribution < 1.29 is 27.4 Å². The Labute approximate surface area is 256 Å². The van der Waals surface area contributed by atoms with Gasteiger partial charge in [-0.15, -0.1) is 0 Å². The number of halogens is 2. The van der Waals surface area contributed by atoms with Crippen LogP contribution in [0.1, 0.15) is 47.3 Å². The van der Waals surface area contributed by atoms with Crippen LogP contribution in [0.15, 0.2) is 59.6 Å². The molecule has 4 rings (SSSR count). The van der Waals surface area contributed by atoms with Crippen molar-refractivity contribution in [2.24, 2.45) is 0 Å². The van der Waals surface area contributed by atoms with E-state index < -0.39 is 15.9 Å². The Morgan fingerprint density at radius 1 is 1.05 bits per heavy atom. The number of hydrogen-bond acceptors (Lipinski definition) is 7. The number of aryl methyl sites for hydroxylation is 1. The monoisotopic (exact) mass is 632 g/mol. The molecular weight excluding hydrogens is 599 g/mol. The van der Waals surface area contributed by atoms with Crippen LogP contribution in [-0.4, -0.2) is 52.4 Å². The van der Waals surface area contributed by atoms with Gasteiger partial charge in [0.1, 0.15) is 24.1 Å². The zero-order valence-corrected chi connectivity index (χ0v) is 26.3. The molecule has 0 spiro atoms. The molecule has 0 saturated carbocycles. The van der Waals surface area contributed by atoms with E-state index in [-0.39, 0.29) is 17.3 Å². The van der Waals surface area contributed by atoms with Crippen LogP contribution in [0.2, 0.25) is 10.0 Å². The highest BCUT2D eigenvalue weighted by Gasteiger charge is 2.29. The number of unbranched alkanes of at least 4 members (excludes halogenated alkanes) is 1. The summed E-state index contributed by atoms with van der Waals surface area (Å²) in [5.41, 5.74) is 2.89. The molecule has 1 unspecified atom stereocenters. The molecule has 1 aromatic heterocycles. The average molecular weight is 634 g/mol. The first-order chi connectivity index (χ1) is 20.0. The molecule has 11 heteroatoms. The van der Waals surface area contributed by atoms with E-state index in [1.54, 1.807) is 42.6 Å². The Hall–Kier alpha value is -3.24. The Bertz CT molecular complexity index is 1690. The molecular formula is C31H34Cl2N2O6S. The molecule has 0 radical (unpaired) electrons.